The highest BCUT2D eigenvalue weighted by Crippen LogP contribution is 2.21. The maximum Gasteiger partial charge on any atom is 0.257 e. The van der Waals surface area contributed by atoms with Crippen molar-refractivity contribution >= 4 is 45.0 Å². The van der Waals surface area contributed by atoms with Crippen molar-refractivity contribution in [3.8, 4) is 0 Å². The van der Waals surface area contributed by atoms with Crippen LogP contribution in [0.15, 0.2) is 77.3 Å². The predicted octanol–water partition coefficient (Wildman–Crippen LogP) is 4.58. The zero-order valence-corrected chi connectivity index (χ0v) is 18.8. The molecule has 0 aromatic heterocycles. The van der Waals surface area contributed by atoms with Crippen LogP contribution in [-0.2, 0) is 11.2 Å². The van der Waals surface area contributed by atoms with E-state index in [2.05, 4.69) is 26.6 Å². The van der Waals surface area contributed by atoms with Crippen molar-refractivity contribution in [1.82, 2.24) is 4.90 Å². The Balaban J connectivity index is 1.72. The van der Waals surface area contributed by atoms with Crippen LogP contribution in [0.1, 0.15) is 26.3 Å². The number of rotatable bonds is 6. The Hall–Kier alpha value is -3.45. The standard InChI is InChI=1S/C24H22BrN3O3/c1-28(2)22(29)15-16-11-13-17(14-12-16)26-24(31)19-8-4-6-10-21(19)27-23(30)18-7-3-5-9-20(18)25/h3-14H,15H2,1-2H3,(H,26,31)(H,27,30). The topological polar surface area (TPSA) is 78.5 Å². The van der Waals surface area contributed by atoms with Crippen LogP contribution in [0.25, 0.3) is 0 Å². The number of para-hydroxylation sites is 1. The second-order valence-electron chi connectivity index (χ2n) is 7.10. The van der Waals surface area contributed by atoms with Crippen LogP contribution < -0.4 is 10.6 Å². The molecule has 158 valence electrons. The Labute approximate surface area is 189 Å². The summed E-state index contributed by atoms with van der Waals surface area (Å²) in [6.45, 7) is 0. The molecule has 0 atom stereocenters. The number of carbonyl (C=O) groups is 3. The number of hydrogen-bond donors (Lipinski definition) is 2. The molecule has 0 aliphatic heterocycles. The van der Waals surface area contributed by atoms with Gasteiger partial charge in [-0.15, -0.1) is 0 Å². The third kappa shape index (κ3) is 5.79. The van der Waals surface area contributed by atoms with Gasteiger partial charge in [-0.05, 0) is 57.9 Å². The average molecular weight is 480 g/mol. The fourth-order valence-electron chi connectivity index (χ4n) is 2.86. The van der Waals surface area contributed by atoms with Gasteiger partial charge >= 0.3 is 0 Å². The Morgan fingerprint density at radius 2 is 1.35 bits per heavy atom. The van der Waals surface area contributed by atoms with Gasteiger partial charge in [-0.3, -0.25) is 14.4 Å². The van der Waals surface area contributed by atoms with Crippen molar-refractivity contribution in [3.63, 3.8) is 0 Å². The summed E-state index contributed by atoms with van der Waals surface area (Å²) in [5.41, 5.74) is 2.68. The third-order valence-corrected chi connectivity index (χ3v) is 5.30. The fourth-order valence-corrected chi connectivity index (χ4v) is 3.33. The first-order valence-corrected chi connectivity index (χ1v) is 10.4. The maximum atomic E-state index is 12.8. The highest BCUT2D eigenvalue weighted by molar-refractivity contribution is 9.10. The molecule has 0 spiro atoms. The van der Waals surface area contributed by atoms with Crippen molar-refractivity contribution < 1.29 is 14.4 Å². The minimum Gasteiger partial charge on any atom is -0.349 e. The van der Waals surface area contributed by atoms with Gasteiger partial charge in [0.15, 0.2) is 0 Å². The monoisotopic (exact) mass is 479 g/mol. The summed E-state index contributed by atoms with van der Waals surface area (Å²) in [6.07, 6.45) is 0.297. The van der Waals surface area contributed by atoms with Gasteiger partial charge in [0.1, 0.15) is 0 Å². The molecule has 3 amide bonds. The Kier molecular flexibility index (Phi) is 7.20. The highest BCUT2D eigenvalue weighted by atomic mass is 79.9. The molecule has 2 N–H and O–H groups in total. The fraction of sp³-hybridized carbons (Fsp3) is 0.125. The lowest BCUT2D eigenvalue weighted by Crippen LogP contribution is -2.23. The second-order valence-corrected chi connectivity index (χ2v) is 7.95. The van der Waals surface area contributed by atoms with Crippen LogP contribution in [0.3, 0.4) is 0 Å². The molecule has 6 nitrogen and oxygen atoms in total. The predicted molar refractivity (Wildman–Crippen MR) is 125 cm³/mol. The van der Waals surface area contributed by atoms with Crippen molar-refractivity contribution in [2.24, 2.45) is 0 Å². The van der Waals surface area contributed by atoms with E-state index in [1.165, 1.54) is 4.90 Å². The molecule has 0 unspecified atom stereocenters. The first kappa shape index (κ1) is 22.2. The molecule has 0 saturated heterocycles. The molecular weight excluding hydrogens is 458 g/mol. The van der Waals surface area contributed by atoms with E-state index in [4.69, 9.17) is 0 Å². The van der Waals surface area contributed by atoms with Gasteiger partial charge in [0.2, 0.25) is 5.91 Å². The average Bonchev–Trinajstić information content (AvgIpc) is 2.75. The Morgan fingerprint density at radius 3 is 2.00 bits per heavy atom. The zero-order chi connectivity index (χ0) is 22.4. The van der Waals surface area contributed by atoms with Crippen LogP contribution in [0, 0.1) is 0 Å². The Bertz CT molecular complexity index is 1110. The lowest BCUT2D eigenvalue weighted by atomic mass is 10.1. The van der Waals surface area contributed by atoms with Crippen LogP contribution in [0.2, 0.25) is 0 Å². The van der Waals surface area contributed by atoms with E-state index in [1.807, 2.05) is 6.07 Å². The third-order valence-electron chi connectivity index (χ3n) is 4.60. The molecule has 0 heterocycles. The molecule has 7 heteroatoms. The van der Waals surface area contributed by atoms with Crippen LogP contribution in [-0.4, -0.2) is 36.7 Å². The van der Waals surface area contributed by atoms with Gasteiger partial charge in [-0.2, -0.15) is 0 Å². The number of halogens is 1. The quantitative estimate of drug-likeness (QED) is 0.542. The van der Waals surface area contributed by atoms with E-state index in [-0.39, 0.29) is 17.7 Å². The number of carbonyl (C=O) groups excluding carboxylic acids is 3. The molecule has 0 aliphatic carbocycles. The van der Waals surface area contributed by atoms with E-state index in [9.17, 15) is 14.4 Å². The van der Waals surface area contributed by atoms with E-state index < -0.39 is 0 Å². The van der Waals surface area contributed by atoms with Crippen LogP contribution >= 0.6 is 15.9 Å². The highest BCUT2D eigenvalue weighted by Gasteiger charge is 2.16. The molecule has 0 saturated carbocycles. The minimum absolute atomic E-state index is 0.00603. The normalized spacial score (nSPS) is 10.3. The van der Waals surface area contributed by atoms with E-state index in [1.54, 1.807) is 80.8 Å². The molecule has 3 rings (SSSR count). The number of hydrogen-bond acceptors (Lipinski definition) is 3. The lowest BCUT2D eigenvalue weighted by molar-refractivity contribution is -0.127. The van der Waals surface area contributed by atoms with Crippen LogP contribution in [0.4, 0.5) is 11.4 Å². The molecule has 0 bridgehead atoms. The zero-order valence-electron chi connectivity index (χ0n) is 17.2. The number of nitrogens with zero attached hydrogens (tertiary/aromatic N) is 1. The first-order chi connectivity index (χ1) is 14.8. The van der Waals surface area contributed by atoms with E-state index >= 15 is 0 Å². The summed E-state index contributed by atoms with van der Waals surface area (Å²) in [5.74, 6) is -0.658. The SMILES string of the molecule is CN(C)C(=O)Cc1ccc(NC(=O)c2ccccc2NC(=O)c2ccccc2Br)cc1. The summed E-state index contributed by atoms with van der Waals surface area (Å²) in [4.78, 5) is 38.8. The Morgan fingerprint density at radius 1 is 0.774 bits per heavy atom. The minimum atomic E-state index is -0.347. The lowest BCUT2D eigenvalue weighted by Gasteiger charge is -2.13. The molecular formula is C24H22BrN3O3. The smallest absolute Gasteiger partial charge is 0.257 e. The number of nitrogens with one attached hydrogen (secondary N) is 2. The molecule has 0 radical (unpaired) electrons. The number of likely N-dealkylation sites (N-methyl/N-ethyl adjacent to an activating group) is 1. The first-order valence-electron chi connectivity index (χ1n) is 9.60. The van der Waals surface area contributed by atoms with Crippen molar-refractivity contribution in [3.05, 3.63) is 94.0 Å². The van der Waals surface area contributed by atoms with Crippen molar-refractivity contribution in [2.75, 3.05) is 24.7 Å². The van der Waals surface area contributed by atoms with Gasteiger partial charge in [-0.1, -0.05) is 36.4 Å². The largest absolute Gasteiger partial charge is 0.349 e. The maximum absolute atomic E-state index is 12.8. The molecule has 0 fully saturated rings. The van der Waals surface area contributed by atoms with Gasteiger partial charge < -0.3 is 15.5 Å². The number of anilines is 2. The summed E-state index contributed by atoms with van der Waals surface area (Å²) in [7, 11) is 3.42. The van der Waals surface area contributed by atoms with Crippen molar-refractivity contribution in [2.45, 2.75) is 6.42 Å². The van der Waals surface area contributed by atoms with Crippen LogP contribution in [0.5, 0.6) is 0 Å². The van der Waals surface area contributed by atoms with Gasteiger partial charge in [0, 0.05) is 24.3 Å². The van der Waals surface area contributed by atoms with Gasteiger partial charge in [0.05, 0.1) is 23.2 Å². The van der Waals surface area contributed by atoms with Gasteiger partial charge in [0.25, 0.3) is 11.8 Å². The van der Waals surface area contributed by atoms with E-state index in [0.717, 1.165) is 5.56 Å². The molecule has 0 aliphatic rings. The summed E-state index contributed by atoms with van der Waals surface area (Å²) in [6, 6.07) is 21.0. The molecule has 31 heavy (non-hydrogen) atoms. The van der Waals surface area contributed by atoms with E-state index in [0.29, 0.717) is 33.4 Å². The van der Waals surface area contributed by atoms with Crippen molar-refractivity contribution in [1.29, 1.82) is 0 Å². The molecule has 3 aromatic carbocycles. The number of amides is 3. The number of benzene rings is 3. The summed E-state index contributed by atoms with van der Waals surface area (Å²) in [5, 5.41) is 5.64. The second kappa shape index (κ2) is 10.0. The molecule has 3 aromatic rings. The summed E-state index contributed by atoms with van der Waals surface area (Å²) >= 11 is 3.37. The van der Waals surface area contributed by atoms with Gasteiger partial charge in [-0.25, -0.2) is 0 Å². The summed E-state index contributed by atoms with van der Waals surface area (Å²) < 4.78 is 0.669.